The number of hydrogen-bond acceptors (Lipinski definition) is 10. The monoisotopic (exact) mass is 690 g/mol. The van der Waals surface area contributed by atoms with Gasteiger partial charge in [-0.25, -0.2) is 0 Å². The SMILES string of the molecule is CC(C)(CC(C)(C)C(=O)Oc1ccc(/C=N/c2ccc(OCC3CO3)cc2)cc1)C(=O)Oc1ccc(/C=N/c2ccc(OCC3CO3)cc2)cc1. The van der Waals surface area contributed by atoms with Gasteiger partial charge in [-0.05, 0) is 142 Å². The second-order valence-corrected chi connectivity index (χ2v) is 13.9. The maximum Gasteiger partial charge on any atom is 0.316 e. The minimum Gasteiger partial charge on any atom is -0.491 e. The molecule has 0 radical (unpaired) electrons. The Kier molecular flexibility index (Phi) is 10.9. The minimum atomic E-state index is -0.972. The van der Waals surface area contributed by atoms with E-state index in [-0.39, 0.29) is 18.6 Å². The van der Waals surface area contributed by atoms with Gasteiger partial charge in [0.2, 0.25) is 0 Å². The van der Waals surface area contributed by atoms with E-state index in [0.717, 1.165) is 47.2 Å². The number of benzene rings is 4. The van der Waals surface area contributed by atoms with Crippen molar-refractivity contribution in [3.63, 3.8) is 0 Å². The van der Waals surface area contributed by atoms with Crippen LogP contribution in [0, 0.1) is 10.8 Å². The number of aliphatic imine (C=N–C) groups is 2. The first-order valence-corrected chi connectivity index (χ1v) is 16.9. The molecule has 0 amide bonds. The summed E-state index contributed by atoms with van der Waals surface area (Å²) in [6.45, 7) is 9.68. The van der Waals surface area contributed by atoms with Crippen LogP contribution in [-0.4, -0.2) is 63.0 Å². The first kappa shape index (κ1) is 35.5. The first-order chi connectivity index (χ1) is 24.5. The summed E-state index contributed by atoms with van der Waals surface area (Å²) >= 11 is 0. The van der Waals surface area contributed by atoms with Crippen molar-refractivity contribution >= 4 is 35.7 Å². The third kappa shape index (κ3) is 10.8. The van der Waals surface area contributed by atoms with Crippen LogP contribution in [0.15, 0.2) is 107 Å². The second kappa shape index (κ2) is 15.7. The van der Waals surface area contributed by atoms with Gasteiger partial charge in [-0.15, -0.1) is 0 Å². The van der Waals surface area contributed by atoms with Crippen LogP contribution in [0.2, 0.25) is 0 Å². The Bertz CT molecular complexity index is 1700. The summed E-state index contributed by atoms with van der Waals surface area (Å²) in [5.74, 6) is 1.47. The van der Waals surface area contributed by atoms with Crippen molar-refractivity contribution in [2.75, 3.05) is 26.4 Å². The topological polar surface area (TPSA) is 121 Å². The fourth-order valence-electron chi connectivity index (χ4n) is 5.25. The van der Waals surface area contributed by atoms with Crippen LogP contribution < -0.4 is 18.9 Å². The van der Waals surface area contributed by atoms with E-state index in [1.54, 1.807) is 64.4 Å². The molecule has 10 nitrogen and oxygen atoms in total. The lowest BCUT2D eigenvalue weighted by Gasteiger charge is -2.31. The highest BCUT2D eigenvalue weighted by Gasteiger charge is 2.41. The Morgan fingerprint density at radius 2 is 0.922 bits per heavy atom. The van der Waals surface area contributed by atoms with Gasteiger partial charge in [0, 0.05) is 12.4 Å². The molecule has 2 heterocycles. The summed E-state index contributed by atoms with van der Waals surface area (Å²) in [5, 5.41) is 0. The zero-order valence-corrected chi connectivity index (χ0v) is 29.2. The predicted molar refractivity (Wildman–Crippen MR) is 194 cm³/mol. The molecule has 2 fully saturated rings. The molecule has 10 heteroatoms. The molecule has 264 valence electrons. The molecule has 0 saturated carbocycles. The summed E-state index contributed by atoms with van der Waals surface area (Å²) in [6, 6.07) is 29.2. The Balaban J connectivity index is 0.956. The zero-order valence-electron chi connectivity index (χ0n) is 29.2. The Morgan fingerprint density at radius 1 is 0.588 bits per heavy atom. The van der Waals surface area contributed by atoms with E-state index in [1.165, 1.54) is 0 Å². The molecule has 2 saturated heterocycles. The average Bonchev–Trinajstić information content (AvgIpc) is 4.06. The van der Waals surface area contributed by atoms with E-state index in [4.69, 9.17) is 28.4 Å². The molecule has 2 unspecified atom stereocenters. The molecule has 0 spiro atoms. The van der Waals surface area contributed by atoms with Crippen LogP contribution in [0.4, 0.5) is 11.4 Å². The summed E-state index contributed by atoms with van der Waals surface area (Å²) in [7, 11) is 0. The minimum absolute atomic E-state index is 0.208. The number of rotatable bonds is 16. The van der Waals surface area contributed by atoms with Crippen LogP contribution in [0.5, 0.6) is 23.0 Å². The van der Waals surface area contributed by atoms with E-state index in [9.17, 15) is 9.59 Å². The van der Waals surface area contributed by atoms with Crippen LogP contribution >= 0.6 is 0 Å². The number of epoxide rings is 2. The molecule has 51 heavy (non-hydrogen) atoms. The molecular formula is C41H42N2O8. The molecule has 4 aromatic carbocycles. The van der Waals surface area contributed by atoms with Crippen molar-refractivity contribution in [3.8, 4) is 23.0 Å². The third-order valence-corrected chi connectivity index (χ3v) is 8.25. The lowest BCUT2D eigenvalue weighted by atomic mass is 9.75. The fraction of sp³-hybridized carbons (Fsp3) is 0.317. The average molecular weight is 691 g/mol. The lowest BCUT2D eigenvalue weighted by Crippen LogP contribution is -2.39. The van der Waals surface area contributed by atoms with Gasteiger partial charge in [-0.3, -0.25) is 19.6 Å². The summed E-state index contributed by atoms with van der Waals surface area (Å²) in [4.78, 5) is 35.5. The molecule has 2 atom stereocenters. The molecule has 0 N–H and O–H groups in total. The van der Waals surface area contributed by atoms with Crippen molar-refractivity contribution in [2.24, 2.45) is 20.8 Å². The van der Waals surface area contributed by atoms with Gasteiger partial charge in [0.15, 0.2) is 0 Å². The van der Waals surface area contributed by atoms with E-state index in [2.05, 4.69) is 9.98 Å². The number of esters is 2. The van der Waals surface area contributed by atoms with Crippen molar-refractivity contribution < 1.29 is 38.0 Å². The Morgan fingerprint density at radius 3 is 1.25 bits per heavy atom. The molecule has 2 aliphatic rings. The number of hydrogen-bond donors (Lipinski definition) is 0. The molecular weight excluding hydrogens is 648 g/mol. The molecule has 6 rings (SSSR count). The zero-order chi connectivity index (χ0) is 35.8. The molecule has 0 bridgehead atoms. The number of nitrogens with zero attached hydrogens (tertiary/aromatic N) is 2. The number of ether oxygens (including phenoxy) is 6. The fourth-order valence-corrected chi connectivity index (χ4v) is 5.25. The highest BCUT2D eigenvalue weighted by atomic mass is 16.6. The van der Waals surface area contributed by atoms with Crippen molar-refractivity contribution in [1.82, 2.24) is 0 Å². The van der Waals surface area contributed by atoms with Crippen LogP contribution in [-0.2, 0) is 19.1 Å². The van der Waals surface area contributed by atoms with Crippen molar-refractivity contribution in [2.45, 2.75) is 46.3 Å². The van der Waals surface area contributed by atoms with Gasteiger partial charge in [-0.2, -0.15) is 0 Å². The highest BCUT2D eigenvalue weighted by molar-refractivity contribution is 5.85. The maximum atomic E-state index is 13.2. The van der Waals surface area contributed by atoms with Crippen molar-refractivity contribution in [3.05, 3.63) is 108 Å². The van der Waals surface area contributed by atoms with Crippen LogP contribution in [0.1, 0.15) is 45.2 Å². The van der Waals surface area contributed by atoms with Gasteiger partial charge in [-0.1, -0.05) is 0 Å². The predicted octanol–water partition coefficient (Wildman–Crippen LogP) is 7.70. The van der Waals surface area contributed by atoms with Crippen LogP contribution in [0.3, 0.4) is 0 Å². The second-order valence-electron chi connectivity index (χ2n) is 13.9. The largest absolute Gasteiger partial charge is 0.491 e. The molecule has 0 aromatic heterocycles. The normalized spacial score (nSPS) is 16.9. The highest BCUT2D eigenvalue weighted by Crippen LogP contribution is 2.36. The van der Waals surface area contributed by atoms with E-state index < -0.39 is 22.8 Å². The van der Waals surface area contributed by atoms with E-state index in [0.29, 0.717) is 24.7 Å². The van der Waals surface area contributed by atoms with E-state index in [1.807, 2.05) is 72.8 Å². The number of carbonyl (C=O) groups is 2. The Labute approximate surface area is 298 Å². The van der Waals surface area contributed by atoms with Gasteiger partial charge < -0.3 is 28.4 Å². The van der Waals surface area contributed by atoms with Crippen LogP contribution in [0.25, 0.3) is 0 Å². The van der Waals surface area contributed by atoms with Gasteiger partial charge >= 0.3 is 11.9 Å². The van der Waals surface area contributed by atoms with Gasteiger partial charge in [0.05, 0.1) is 35.4 Å². The summed E-state index contributed by atoms with van der Waals surface area (Å²) < 4.78 is 33.1. The lowest BCUT2D eigenvalue weighted by molar-refractivity contribution is -0.151. The quantitative estimate of drug-likeness (QED) is 0.0508. The summed E-state index contributed by atoms with van der Waals surface area (Å²) in [6.07, 6.45) is 4.10. The molecule has 2 aliphatic heterocycles. The van der Waals surface area contributed by atoms with Gasteiger partial charge in [0.1, 0.15) is 48.4 Å². The summed E-state index contributed by atoms with van der Waals surface area (Å²) in [5.41, 5.74) is 1.33. The van der Waals surface area contributed by atoms with E-state index >= 15 is 0 Å². The molecule has 0 aliphatic carbocycles. The molecule has 4 aromatic rings. The first-order valence-electron chi connectivity index (χ1n) is 16.9. The van der Waals surface area contributed by atoms with Gasteiger partial charge in [0.25, 0.3) is 0 Å². The standard InChI is InChI=1S/C41H42N2O8/c1-40(2,38(44)50-34-13-5-28(6-14-34)21-42-30-9-17-32(18-10-30)46-23-36-25-48-36)27-41(3,4)39(45)51-35-15-7-29(8-16-35)22-43-31-11-19-33(20-12-31)47-24-37-26-49-37/h5-22,36-37H,23-27H2,1-4H3/b42-21+,43-22+. The number of carbonyl (C=O) groups excluding carboxylic acids is 2. The third-order valence-electron chi connectivity index (χ3n) is 8.25. The Hall–Kier alpha value is -5.32. The maximum absolute atomic E-state index is 13.2. The smallest absolute Gasteiger partial charge is 0.316 e. The van der Waals surface area contributed by atoms with Crippen molar-refractivity contribution in [1.29, 1.82) is 0 Å².